The number of hydrogen-bond donors (Lipinski definition) is 2. The quantitative estimate of drug-likeness (QED) is 0.910. The van der Waals surface area contributed by atoms with Crippen LogP contribution in [0, 0.1) is 6.92 Å². The zero-order valence-electron chi connectivity index (χ0n) is 10.8. The predicted molar refractivity (Wildman–Crippen MR) is 68.8 cm³/mol. The highest BCUT2D eigenvalue weighted by molar-refractivity contribution is 5.71. The second-order valence-corrected chi connectivity index (χ2v) is 4.17. The number of hydrogen-bond acceptors (Lipinski definition) is 4. The fourth-order valence-corrected chi connectivity index (χ4v) is 1.70. The maximum absolute atomic E-state index is 12.0. The number of benzene rings is 1. The molecule has 0 atom stereocenters. The van der Waals surface area contributed by atoms with Gasteiger partial charge in [0.15, 0.2) is 5.82 Å². The minimum Gasteiger partial charge on any atom is -0.406 e. The lowest BCUT2D eigenvalue weighted by Gasteiger charge is -2.11. The van der Waals surface area contributed by atoms with E-state index in [4.69, 9.17) is 5.73 Å². The summed E-state index contributed by atoms with van der Waals surface area (Å²) in [6, 6.07) is 5.36. The van der Waals surface area contributed by atoms with E-state index in [-0.39, 0.29) is 5.75 Å². The van der Waals surface area contributed by atoms with Crippen molar-refractivity contribution in [1.82, 2.24) is 9.78 Å². The minimum atomic E-state index is -4.70. The Labute approximate surface area is 113 Å². The van der Waals surface area contributed by atoms with Gasteiger partial charge in [-0.05, 0) is 31.2 Å². The van der Waals surface area contributed by atoms with Crippen molar-refractivity contribution in [2.45, 2.75) is 13.3 Å². The molecular formula is C12H13F3N4O. The molecule has 5 nitrogen and oxygen atoms in total. The third kappa shape index (κ3) is 3.14. The number of nitrogens with zero attached hydrogens (tertiary/aromatic N) is 2. The largest absolute Gasteiger partial charge is 0.573 e. The first kappa shape index (κ1) is 14.0. The van der Waals surface area contributed by atoms with E-state index in [1.54, 1.807) is 18.7 Å². The van der Waals surface area contributed by atoms with E-state index in [0.29, 0.717) is 22.9 Å². The zero-order chi connectivity index (χ0) is 14.9. The number of nitrogens with two attached hydrogens (primary N) is 1. The first-order valence-corrected chi connectivity index (χ1v) is 5.68. The van der Waals surface area contributed by atoms with Gasteiger partial charge in [0.05, 0.1) is 11.4 Å². The van der Waals surface area contributed by atoms with Crippen molar-refractivity contribution in [3.63, 3.8) is 0 Å². The molecule has 0 saturated heterocycles. The number of aryl methyl sites for hydroxylation is 2. The van der Waals surface area contributed by atoms with Gasteiger partial charge in [-0.2, -0.15) is 5.10 Å². The Kier molecular flexibility index (Phi) is 3.47. The van der Waals surface area contributed by atoms with Crippen LogP contribution in [0.3, 0.4) is 0 Å². The van der Waals surface area contributed by atoms with Crippen LogP contribution in [0.1, 0.15) is 5.69 Å². The van der Waals surface area contributed by atoms with Gasteiger partial charge in [-0.25, -0.2) is 0 Å². The number of ether oxygens (including phenoxy) is 1. The summed E-state index contributed by atoms with van der Waals surface area (Å²) >= 11 is 0. The SMILES string of the molecule is Cc1nn(C)c(Nc2ccc(OC(F)(F)F)cc2)c1N. The highest BCUT2D eigenvalue weighted by atomic mass is 19.4. The Morgan fingerprint density at radius 1 is 1.25 bits per heavy atom. The van der Waals surface area contributed by atoms with E-state index in [0.717, 1.165) is 0 Å². The second kappa shape index (κ2) is 4.95. The van der Waals surface area contributed by atoms with Crippen LogP contribution in [0.2, 0.25) is 0 Å². The molecular weight excluding hydrogens is 273 g/mol. The van der Waals surface area contributed by atoms with Crippen LogP contribution in [0.5, 0.6) is 5.75 Å². The van der Waals surface area contributed by atoms with E-state index in [1.165, 1.54) is 24.3 Å². The molecule has 20 heavy (non-hydrogen) atoms. The van der Waals surface area contributed by atoms with Crippen LogP contribution in [0.4, 0.5) is 30.4 Å². The molecule has 1 aromatic carbocycles. The monoisotopic (exact) mass is 286 g/mol. The van der Waals surface area contributed by atoms with Crippen LogP contribution in [-0.2, 0) is 7.05 Å². The van der Waals surface area contributed by atoms with Crippen molar-refractivity contribution >= 4 is 17.2 Å². The number of nitrogens with one attached hydrogen (secondary N) is 1. The van der Waals surface area contributed by atoms with Crippen molar-refractivity contribution in [3.05, 3.63) is 30.0 Å². The van der Waals surface area contributed by atoms with E-state index in [1.807, 2.05) is 0 Å². The summed E-state index contributed by atoms with van der Waals surface area (Å²) in [6.45, 7) is 1.76. The average molecular weight is 286 g/mol. The molecule has 3 N–H and O–H groups in total. The minimum absolute atomic E-state index is 0.280. The number of rotatable bonds is 3. The summed E-state index contributed by atoms with van der Waals surface area (Å²) in [7, 11) is 1.72. The van der Waals surface area contributed by atoms with Gasteiger partial charge in [-0.1, -0.05) is 0 Å². The summed E-state index contributed by atoms with van der Waals surface area (Å²) in [5.74, 6) is 0.296. The van der Waals surface area contributed by atoms with Crippen LogP contribution >= 0.6 is 0 Å². The molecule has 0 unspecified atom stereocenters. The van der Waals surface area contributed by atoms with Crippen molar-refractivity contribution in [2.75, 3.05) is 11.1 Å². The van der Waals surface area contributed by atoms with Gasteiger partial charge in [0, 0.05) is 12.7 Å². The van der Waals surface area contributed by atoms with Gasteiger partial charge in [0.2, 0.25) is 0 Å². The smallest absolute Gasteiger partial charge is 0.406 e. The Bertz CT molecular complexity index is 604. The topological polar surface area (TPSA) is 65.1 Å². The molecule has 2 aromatic rings. The van der Waals surface area contributed by atoms with Crippen molar-refractivity contribution < 1.29 is 17.9 Å². The Morgan fingerprint density at radius 2 is 1.85 bits per heavy atom. The molecule has 0 spiro atoms. The standard InChI is InChI=1S/C12H13F3N4O/c1-7-10(16)11(19(2)18-7)17-8-3-5-9(6-4-8)20-12(13,14)15/h3-6,17H,16H2,1-2H3. The summed E-state index contributed by atoms with van der Waals surface area (Å²) in [6.07, 6.45) is -4.70. The predicted octanol–water partition coefficient (Wildman–Crippen LogP) is 2.95. The number of nitrogen functional groups attached to an aromatic ring is 1. The molecule has 0 amide bonds. The summed E-state index contributed by atoms with van der Waals surface area (Å²) in [5, 5.41) is 7.12. The van der Waals surface area contributed by atoms with Crippen LogP contribution in [0.25, 0.3) is 0 Å². The number of anilines is 3. The molecule has 2 rings (SSSR count). The van der Waals surface area contributed by atoms with Crippen molar-refractivity contribution in [3.8, 4) is 5.75 Å². The molecule has 108 valence electrons. The lowest BCUT2D eigenvalue weighted by molar-refractivity contribution is -0.274. The molecule has 0 fully saturated rings. The van der Waals surface area contributed by atoms with Crippen molar-refractivity contribution in [1.29, 1.82) is 0 Å². The van der Waals surface area contributed by atoms with E-state index < -0.39 is 6.36 Å². The third-order valence-corrected chi connectivity index (χ3v) is 2.62. The van der Waals surface area contributed by atoms with E-state index >= 15 is 0 Å². The van der Waals surface area contributed by atoms with Crippen LogP contribution in [-0.4, -0.2) is 16.1 Å². The molecule has 0 aliphatic carbocycles. The molecule has 8 heteroatoms. The lowest BCUT2D eigenvalue weighted by atomic mass is 10.3. The van der Waals surface area contributed by atoms with Crippen molar-refractivity contribution in [2.24, 2.45) is 7.05 Å². The highest BCUT2D eigenvalue weighted by Gasteiger charge is 2.30. The number of aromatic nitrogens is 2. The number of alkyl halides is 3. The lowest BCUT2D eigenvalue weighted by Crippen LogP contribution is -2.17. The average Bonchev–Trinajstić information content (AvgIpc) is 2.56. The molecule has 0 aliphatic rings. The highest BCUT2D eigenvalue weighted by Crippen LogP contribution is 2.28. The Hall–Kier alpha value is -2.38. The summed E-state index contributed by atoms with van der Waals surface area (Å²) in [5.41, 5.74) is 7.59. The first-order chi connectivity index (χ1) is 9.26. The normalized spacial score (nSPS) is 11.4. The molecule has 0 aliphatic heterocycles. The Balaban J connectivity index is 2.15. The Morgan fingerprint density at radius 3 is 2.30 bits per heavy atom. The van der Waals surface area contributed by atoms with E-state index in [2.05, 4.69) is 15.2 Å². The fraction of sp³-hybridized carbons (Fsp3) is 0.250. The fourth-order valence-electron chi connectivity index (χ4n) is 1.70. The molecule has 0 bridgehead atoms. The number of halogens is 3. The van der Waals surface area contributed by atoms with E-state index in [9.17, 15) is 13.2 Å². The molecule has 0 saturated carbocycles. The van der Waals surface area contributed by atoms with Crippen LogP contribution < -0.4 is 15.8 Å². The van der Waals surface area contributed by atoms with Crippen LogP contribution in [0.15, 0.2) is 24.3 Å². The van der Waals surface area contributed by atoms with Gasteiger partial charge in [-0.15, -0.1) is 13.2 Å². The van der Waals surface area contributed by atoms with Gasteiger partial charge < -0.3 is 15.8 Å². The molecule has 1 aromatic heterocycles. The summed E-state index contributed by atoms with van der Waals surface area (Å²) in [4.78, 5) is 0. The van der Waals surface area contributed by atoms with Gasteiger partial charge in [0.25, 0.3) is 0 Å². The maximum atomic E-state index is 12.0. The summed E-state index contributed by atoms with van der Waals surface area (Å²) < 4.78 is 41.4. The van der Waals surface area contributed by atoms with Gasteiger partial charge >= 0.3 is 6.36 Å². The molecule has 0 radical (unpaired) electrons. The second-order valence-electron chi connectivity index (χ2n) is 4.17. The van der Waals surface area contributed by atoms with Gasteiger partial charge in [0.1, 0.15) is 5.75 Å². The third-order valence-electron chi connectivity index (χ3n) is 2.62. The zero-order valence-corrected chi connectivity index (χ0v) is 10.8. The maximum Gasteiger partial charge on any atom is 0.573 e. The molecule has 1 heterocycles. The first-order valence-electron chi connectivity index (χ1n) is 5.68. The van der Waals surface area contributed by atoms with Gasteiger partial charge in [-0.3, -0.25) is 4.68 Å².